The average Bonchev–Trinajstić information content (AvgIpc) is 3.06. The maximum atomic E-state index is 12.6. The van der Waals surface area contributed by atoms with E-state index in [0.29, 0.717) is 25.4 Å². The van der Waals surface area contributed by atoms with Crippen molar-refractivity contribution in [2.75, 3.05) is 13.1 Å². The molecule has 1 N–H and O–H groups in total. The third-order valence-electron chi connectivity index (χ3n) is 5.32. The van der Waals surface area contributed by atoms with Crippen LogP contribution in [0.15, 0.2) is 5.38 Å². The summed E-state index contributed by atoms with van der Waals surface area (Å²) in [7, 11) is 0. The summed E-state index contributed by atoms with van der Waals surface area (Å²) in [6.45, 7) is 3.33. The fourth-order valence-corrected chi connectivity index (χ4v) is 4.65. The average molecular weight is 364 g/mol. The van der Waals surface area contributed by atoms with E-state index in [1.54, 1.807) is 11.3 Å². The van der Waals surface area contributed by atoms with Crippen LogP contribution in [0.1, 0.15) is 62.1 Å². The maximum absolute atomic E-state index is 12.6. The Labute approximate surface area is 154 Å². The fourth-order valence-electron chi connectivity index (χ4n) is 3.87. The summed E-state index contributed by atoms with van der Waals surface area (Å²) in [6, 6.07) is 0.348. The molecule has 1 saturated carbocycles. The Balaban J connectivity index is 1.46. The number of carbonyl (C=O) groups is 2. The van der Waals surface area contributed by atoms with Crippen LogP contribution >= 0.6 is 11.3 Å². The van der Waals surface area contributed by atoms with Crippen molar-refractivity contribution in [1.82, 2.24) is 15.2 Å². The predicted molar refractivity (Wildman–Crippen MR) is 99.5 cm³/mol. The lowest BCUT2D eigenvalue weighted by Gasteiger charge is -2.33. The number of nitrogens with one attached hydrogen (secondary N) is 1. The van der Waals surface area contributed by atoms with Crippen molar-refractivity contribution in [3.05, 3.63) is 16.1 Å². The van der Waals surface area contributed by atoms with Crippen molar-refractivity contribution < 1.29 is 9.59 Å². The molecule has 138 valence electrons. The number of aromatic nitrogens is 1. The van der Waals surface area contributed by atoms with E-state index in [4.69, 9.17) is 0 Å². The fraction of sp³-hybridized carbons (Fsp3) is 0.737. The van der Waals surface area contributed by atoms with Gasteiger partial charge in [-0.3, -0.25) is 9.59 Å². The van der Waals surface area contributed by atoms with Gasteiger partial charge in [0.25, 0.3) is 0 Å². The zero-order valence-electron chi connectivity index (χ0n) is 15.1. The van der Waals surface area contributed by atoms with Crippen molar-refractivity contribution in [2.24, 2.45) is 5.92 Å². The minimum absolute atomic E-state index is 0.0401. The number of hydrogen-bond donors (Lipinski definition) is 1. The molecule has 25 heavy (non-hydrogen) atoms. The number of thiazole rings is 1. The molecule has 1 aliphatic carbocycles. The van der Waals surface area contributed by atoms with Crippen LogP contribution in [-0.2, 0) is 16.0 Å². The van der Waals surface area contributed by atoms with Gasteiger partial charge in [0.15, 0.2) is 0 Å². The molecule has 6 heteroatoms. The number of piperidine rings is 1. The van der Waals surface area contributed by atoms with Gasteiger partial charge in [0.05, 0.1) is 10.9 Å². The van der Waals surface area contributed by atoms with Crippen molar-refractivity contribution in [3.63, 3.8) is 0 Å². The largest absolute Gasteiger partial charge is 0.353 e. The molecular weight excluding hydrogens is 334 g/mol. The highest BCUT2D eigenvalue weighted by Gasteiger charge is 2.29. The van der Waals surface area contributed by atoms with Crippen LogP contribution in [0.2, 0.25) is 0 Å². The van der Waals surface area contributed by atoms with E-state index < -0.39 is 0 Å². The summed E-state index contributed by atoms with van der Waals surface area (Å²) in [6.07, 6.45) is 8.95. The molecule has 0 aromatic carbocycles. The minimum Gasteiger partial charge on any atom is -0.353 e. The van der Waals surface area contributed by atoms with E-state index >= 15 is 0 Å². The predicted octanol–water partition coefficient (Wildman–Crippen LogP) is 3.07. The van der Waals surface area contributed by atoms with Crippen molar-refractivity contribution in [3.8, 4) is 0 Å². The number of rotatable bonds is 5. The zero-order valence-corrected chi connectivity index (χ0v) is 15.9. The molecule has 0 bridgehead atoms. The Bertz CT molecular complexity index is 595. The van der Waals surface area contributed by atoms with Gasteiger partial charge in [-0.25, -0.2) is 4.98 Å². The summed E-state index contributed by atoms with van der Waals surface area (Å²) < 4.78 is 0. The number of aryl methyl sites for hydroxylation is 2. The van der Waals surface area contributed by atoms with Gasteiger partial charge in [-0.1, -0.05) is 19.3 Å². The Morgan fingerprint density at radius 2 is 2.04 bits per heavy atom. The smallest absolute Gasteiger partial charge is 0.225 e. The molecule has 5 nitrogen and oxygen atoms in total. The SMILES string of the molecule is Cc1csc(CCC(=O)N2CCC[C@@H](C(=O)NC3CCCCC3)C2)n1. The highest BCUT2D eigenvalue weighted by atomic mass is 32.1. The van der Waals surface area contributed by atoms with Gasteiger partial charge in [0, 0.05) is 43.0 Å². The van der Waals surface area contributed by atoms with Crippen LogP contribution in [0.4, 0.5) is 0 Å². The van der Waals surface area contributed by atoms with E-state index in [1.807, 2.05) is 17.2 Å². The molecule has 2 amide bonds. The summed E-state index contributed by atoms with van der Waals surface area (Å²) in [5.74, 6) is 0.268. The highest BCUT2D eigenvalue weighted by Crippen LogP contribution is 2.21. The van der Waals surface area contributed by atoms with E-state index in [1.165, 1.54) is 19.3 Å². The first-order chi connectivity index (χ1) is 12.1. The molecule has 0 radical (unpaired) electrons. The van der Waals surface area contributed by atoms with E-state index in [0.717, 1.165) is 42.9 Å². The van der Waals surface area contributed by atoms with Gasteiger partial charge in [0.1, 0.15) is 0 Å². The number of hydrogen-bond acceptors (Lipinski definition) is 4. The van der Waals surface area contributed by atoms with Gasteiger partial charge in [0.2, 0.25) is 11.8 Å². The van der Waals surface area contributed by atoms with Gasteiger partial charge < -0.3 is 10.2 Å². The van der Waals surface area contributed by atoms with E-state index in [-0.39, 0.29) is 17.7 Å². The normalized spacial score (nSPS) is 22.0. The van der Waals surface area contributed by atoms with E-state index in [2.05, 4.69) is 10.3 Å². The lowest BCUT2D eigenvalue weighted by atomic mass is 9.93. The van der Waals surface area contributed by atoms with Crippen LogP contribution in [-0.4, -0.2) is 40.8 Å². The number of carbonyl (C=O) groups excluding carboxylic acids is 2. The third-order valence-corrected chi connectivity index (χ3v) is 6.34. The van der Waals surface area contributed by atoms with Crippen LogP contribution in [0.25, 0.3) is 0 Å². The Kier molecular flexibility index (Phi) is 6.45. The molecule has 3 rings (SSSR count). The van der Waals surface area contributed by atoms with Crippen LogP contribution < -0.4 is 5.32 Å². The van der Waals surface area contributed by atoms with Crippen molar-refractivity contribution in [1.29, 1.82) is 0 Å². The van der Waals surface area contributed by atoms with Crippen LogP contribution in [0.3, 0.4) is 0 Å². The molecule has 1 atom stereocenters. The molecule has 0 unspecified atom stereocenters. The van der Waals surface area contributed by atoms with Gasteiger partial charge in [-0.05, 0) is 32.6 Å². The maximum Gasteiger partial charge on any atom is 0.225 e. The minimum atomic E-state index is -0.0401. The van der Waals surface area contributed by atoms with Crippen molar-refractivity contribution >= 4 is 23.2 Å². The summed E-state index contributed by atoms with van der Waals surface area (Å²) >= 11 is 1.62. The monoisotopic (exact) mass is 363 g/mol. The van der Waals surface area contributed by atoms with Gasteiger partial charge in [-0.15, -0.1) is 11.3 Å². The quantitative estimate of drug-likeness (QED) is 0.874. The molecule has 1 aromatic rings. The highest BCUT2D eigenvalue weighted by molar-refractivity contribution is 7.09. The first-order valence-corrected chi connectivity index (χ1v) is 10.5. The third kappa shape index (κ3) is 5.27. The molecular formula is C19H29N3O2S. The zero-order chi connectivity index (χ0) is 17.6. The molecule has 2 fully saturated rings. The summed E-state index contributed by atoms with van der Waals surface area (Å²) in [5.41, 5.74) is 1.02. The Hall–Kier alpha value is -1.43. The van der Waals surface area contributed by atoms with Crippen LogP contribution in [0, 0.1) is 12.8 Å². The number of amides is 2. The summed E-state index contributed by atoms with van der Waals surface area (Å²) in [4.78, 5) is 31.4. The molecule has 1 aromatic heterocycles. The topological polar surface area (TPSA) is 62.3 Å². The standard InChI is InChI=1S/C19H29N3O2S/c1-14-13-25-17(20-14)9-10-18(23)22-11-5-6-15(12-22)19(24)21-16-7-3-2-4-8-16/h13,15-16H,2-12H2,1H3,(H,21,24)/t15-/m1/s1. The Morgan fingerprint density at radius 3 is 2.76 bits per heavy atom. The van der Waals surface area contributed by atoms with Gasteiger partial charge in [-0.2, -0.15) is 0 Å². The van der Waals surface area contributed by atoms with E-state index in [9.17, 15) is 9.59 Å². The first-order valence-electron chi connectivity index (χ1n) is 9.61. The lowest BCUT2D eigenvalue weighted by Crippen LogP contribution is -2.48. The molecule has 1 aliphatic heterocycles. The molecule has 2 heterocycles. The molecule has 0 spiro atoms. The second kappa shape index (κ2) is 8.79. The first kappa shape index (κ1) is 18.4. The van der Waals surface area contributed by atoms with Gasteiger partial charge >= 0.3 is 0 Å². The second-order valence-electron chi connectivity index (χ2n) is 7.41. The number of nitrogens with zero attached hydrogens (tertiary/aromatic N) is 2. The Morgan fingerprint density at radius 1 is 1.24 bits per heavy atom. The molecule has 1 saturated heterocycles. The van der Waals surface area contributed by atoms with Crippen molar-refractivity contribution in [2.45, 2.75) is 70.8 Å². The summed E-state index contributed by atoms with van der Waals surface area (Å²) in [5, 5.41) is 6.27. The number of likely N-dealkylation sites (tertiary alicyclic amines) is 1. The second-order valence-corrected chi connectivity index (χ2v) is 8.35. The molecule has 2 aliphatic rings. The lowest BCUT2D eigenvalue weighted by molar-refractivity contribution is -0.136. The van der Waals surface area contributed by atoms with Crippen LogP contribution in [0.5, 0.6) is 0 Å².